The number of amides is 1. The van der Waals surface area contributed by atoms with E-state index in [-0.39, 0.29) is 18.2 Å². The number of anilines is 1. The highest BCUT2D eigenvalue weighted by molar-refractivity contribution is 5.95. The second-order valence-electron chi connectivity index (χ2n) is 6.80. The number of rotatable bonds is 5. The molecule has 26 heavy (non-hydrogen) atoms. The number of fused-ring (bicyclic) bond motifs is 1. The van der Waals surface area contributed by atoms with Crippen LogP contribution in [0.25, 0.3) is 0 Å². The van der Waals surface area contributed by atoms with Gasteiger partial charge in [-0.3, -0.25) is 4.79 Å². The summed E-state index contributed by atoms with van der Waals surface area (Å²) in [5.41, 5.74) is 5.62. The van der Waals surface area contributed by atoms with Crippen molar-refractivity contribution in [1.29, 1.82) is 0 Å². The largest absolute Gasteiger partial charge is 0.451 e. The van der Waals surface area contributed by atoms with Gasteiger partial charge in [0.25, 0.3) is 5.91 Å². The second-order valence-corrected chi connectivity index (χ2v) is 6.80. The molecule has 0 bridgehead atoms. The first kappa shape index (κ1) is 18.2. The second kappa shape index (κ2) is 7.33. The third-order valence-corrected chi connectivity index (χ3v) is 4.83. The van der Waals surface area contributed by atoms with Crippen molar-refractivity contribution in [3.05, 3.63) is 51.8 Å². The van der Waals surface area contributed by atoms with Crippen LogP contribution in [-0.4, -0.2) is 28.6 Å². The van der Waals surface area contributed by atoms with Crippen LogP contribution in [0.2, 0.25) is 0 Å². The summed E-state index contributed by atoms with van der Waals surface area (Å²) in [6, 6.07) is 5.89. The summed E-state index contributed by atoms with van der Waals surface area (Å²) in [5.74, 6) is -0.991. The van der Waals surface area contributed by atoms with Gasteiger partial charge < -0.3 is 20.1 Å². The van der Waals surface area contributed by atoms with Crippen molar-refractivity contribution in [3.63, 3.8) is 0 Å². The monoisotopic (exact) mass is 356 g/mol. The molecule has 6 heteroatoms. The van der Waals surface area contributed by atoms with Gasteiger partial charge in [0.1, 0.15) is 5.69 Å². The first-order valence-electron chi connectivity index (χ1n) is 8.82. The number of carbonyl (C=O) groups is 2. The Hall–Kier alpha value is -2.60. The maximum absolute atomic E-state index is 12.2. The van der Waals surface area contributed by atoms with E-state index in [9.17, 15) is 14.7 Å². The molecule has 1 aliphatic rings. The van der Waals surface area contributed by atoms with Gasteiger partial charge in [-0.15, -0.1) is 0 Å². The van der Waals surface area contributed by atoms with E-state index in [2.05, 4.69) is 10.3 Å². The molecule has 0 aliphatic heterocycles. The third kappa shape index (κ3) is 3.65. The SMILES string of the molecule is Cc1[nH]c(C(=O)OCC(=O)Nc2ccc3c(c2)CCC3)c(C)c1[C@@H](C)O. The topological polar surface area (TPSA) is 91.4 Å². The minimum absolute atomic E-state index is 0.267. The zero-order valence-corrected chi connectivity index (χ0v) is 15.3. The number of benzene rings is 1. The number of carbonyl (C=O) groups excluding carboxylic acids is 2. The van der Waals surface area contributed by atoms with E-state index < -0.39 is 12.1 Å². The Balaban J connectivity index is 1.59. The first-order valence-corrected chi connectivity index (χ1v) is 8.82. The standard InChI is InChI=1S/C20H24N2O4/c1-11-18(13(3)23)12(2)21-19(11)20(25)26-10-17(24)22-16-8-7-14-5-4-6-15(14)9-16/h7-9,13,21,23H,4-6,10H2,1-3H3,(H,22,24)/t13-/m1/s1. The van der Waals surface area contributed by atoms with Crippen LogP contribution in [0.5, 0.6) is 0 Å². The summed E-state index contributed by atoms with van der Waals surface area (Å²) in [6.45, 7) is 4.80. The van der Waals surface area contributed by atoms with Gasteiger partial charge in [-0.25, -0.2) is 4.79 Å². The molecular formula is C20H24N2O4. The maximum Gasteiger partial charge on any atom is 0.355 e. The van der Waals surface area contributed by atoms with Gasteiger partial charge in [-0.2, -0.15) is 0 Å². The normalized spacial score (nSPS) is 14.0. The number of aromatic amines is 1. The summed E-state index contributed by atoms with van der Waals surface area (Å²) in [5, 5.41) is 12.6. The average Bonchev–Trinajstić information content (AvgIpc) is 3.16. The molecule has 1 aliphatic carbocycles. The Labute approximate surface area is 152 Å². The number of H-pyrrole nitrogens is 1. The predicted octanol–water partition coefficient (Wildman–Crippen LogP) is 2.97. The number of nitrogens with one attached hydrogen (secondary N) is 2. The Bertz CT molecular complexity index is 852. The third-order valence-electron chi connectivity index (χ3n) is 4.83. The zero-order valence-electron chi connectivity index (χ0n) is 15.3. The molecule has 3 N–H and O–H groups in total. The van der Waals surface area contributed by atoms with Gasteiger partial charge in [0.05, 0.1) is 6.10 Å². The molecule has 0 saturated heterocycles. The molecular weight excluding hydrogens is 332 g/mol. The fourth-order valence-electron chi connectivity index (χ4n) is 3.65. The van der Waals surface area contributed by atoms with E-state index in [0.29, 0.717) is 16.8 Å². The molecule has 2 aromatic rings. The van der Waals surface area contributed by atoms with E-state index in [1.807, 2.05) is 18.2 Å². The van der Waals surface area contributed by atoms with Crippen LogP contribution >= 0.6 is 0 Å². The van der Waals surface area contributed by atoms with Gasteiger partial charge in [-0.05, 0) is 68.9 Å². The lowest BCUT2D eigenvalue weighted by Crippen LogP contribution is -2.21. The molecule has 1 heterocycles. The van der Waals surface area contributed by atoms with E-state index in [1.54, 1.807) is 20.8 Å². The van der Waals surface area contributed by atoms with Gasteiger partial charge in [0.2, 0.25) is 0 Å². The van der Waals surface area contributed by atoms with Gasteiger partial charge in [0.15, 0.2) is 6.61 Å². The highest BCUT2D eigenvalue weighted by atomic mass is 16.5. The van der Waals surface area contributed by atoms with Crippen LogP contribution < -0.4 is 5.32 Å². The van der Waals surface area contributed by atoms with Crippen LogP contribution in [0, 0.1) is 13.8 Å². The van der Waals surface area contributed by atoms with Gasteiger partial charge >= 0.3 is 5.97 Å². The summed E-state index contributed by atoms with van der Waals surface area (Å²) in [6.07, 6.45) is 2.58. The Morgan fingerprint density at radius 2 is 2.00 bits per heavy atom. The minimum atomic E-state index is -0.684. The minimum Gasteiger partial charge on any atom is -0.451 e. The highest BCUT2D eigenvalue weighted by Gasteiger charge is 2.21. The fraction of sp³-hybridized carbons (Fsp3) is 0.400. The zero-order chi connectivity index (χ0) is 18.8. The van der Waals surface area contributed by atoms with Crippen LogP contribution in [0.15, 0.2) is 18.2 Å². The number of hydrogen-bond acceptors (Lipinski definition) is 4. The molecule has 1 aromatic heterocycles. The van der Waals surface area contributed by atoms with Crippen LogP contribution in [0.3, 0.4) is 0 Å². The average molecular weight is 356 g/mol. The van der Waals surface area contributed by atoms with E-state index in [1.165, 1.54) is 11.1 Å². The molecule has 0 unspecified atom stereocenters. The lowest BCUT2D eigenvalue weighted by molar-refractivity contribution is -0.119. The quantitative estimate of drug-likeness (QED) is 0.718. The van der Waals surface area contributed by atoms with Crippen LogP contribution in [0.1, 0.15) is 57.9 Å². The molecule has 138 valence electrons. The van der Waals surface area contributed by atoms with Crippen molar-refractivity contribution in [2.45, 2.75) is 46.1 Å². The number of aryl methyl sites for hydroxylation is 3. The number of aromatic nitrogens is 1. The van der Waals surface area contributed by atoms with Crippen molar-refractivity contribution < 1.29 is 19.4 Å². The number of ether oxygens (including phenoxy) is 1. The fourth-order valence-corrected chi connectivity index (χ4v) is 3.65. The lowest BCUT2D eigenvalue weighted by atomic mass is 10.1. The molecule has 1 atom stereocenters. The number of aliphatic hydroxyl groups is 1. The number of esters is 1. The summed E-state index contributed by atoms with van der Waals surface area (Å²) in [7, 11) is 0. The molecule has 0 radical (unpaired) electrons. The Kier molecular flexibility index (Phi) is 5.13. The van der Waals surface area contributed by atoms with Crippen LogP contribution in [-0.2, 0) is 22.4 Å². The summed E-state index contributed by atoms with van der Waals surface area (Å²) >= 11 is 0. The molecule has 0 spiro atoms. The van der Waals surface area contributed by atoms with Crippen molar-refractivity contribution in [1.82, 2.24) is 4.98 Å². The van der Waals surface area contributed by atoms with Crippen molar-refractivity contribution in [2.24, 2.45) is 0 Å². The van der Waals surface area contributed by atoms with Crippen molar-refractivity contribution >= 4 is 17.6 Å². The van der Waals surface area contributed by atoms with Gasteiger partial charge in [-0.1, -0.05) is 6.07 Å². The predicted molar refractivity (Wildman–Crippen MR) is 98.3 cm³/mol. The summed E-state index contributed by atoms with van der Waals surface area (Å²) < 4.78 is 5.12. The highest BCUT2D eigenvalue weighted by Crippen LogP contribution is 2.26. The Morgan fingerprint density at radius 1 is 1.27 bits per heavy atom. The number of aliphatic hydroxyl groups excluding tert-OH is 1. The van der Waals surface area contributed by atoms with Crippen molar-refractivity contribution in [2.75, 3.05) is 11.9 Å². The first-order chi connectivity index (χ1) is 12.4. The molecule has 0 saturated carbocycles. The lowest BCUT2D eigenvalue weighted by Gasteiger charge is -2.08. The van der Waals surface area contributed by atoms with Crippen molar-refractivity contribution in [3.8, 4) is 0 Å². The molecule has 6 nitrogen and oxygen atoms in total. The van der Waals surface area contributed by atoms with Gasteiger partial charge in [0, 0.05) is 16.9 Å². The molecule has 0 fully saturated rings. The molecule has 1 amide bonds. The van der Waals surface area contributed by atoms with E-state index in [4.69, 9.17) is 4.74 Å². The molecule has 1 aromatic carbocycles. The van der Waals surface area contributed by atoms with E-state index in [0.717, 1.165) is 24.9 Å². The smallest absolute Gasteiger partial charge is 0.355 e. The number of hydrogen-bond donors (Lipinski definition) is 3. The van der Waals surface area contributed by atoms with Crippen LogP contribution in [0.4, 0.5) is 5.69 Å². The van der Waals surface area contributed by atoms with E-state index >= 15 is 0 Å². The molecule has 3 rings (SSSR count). The maximum atomic E-state index is 12.2. The summed E-state index contributed by atoms with van der Waals surface area (Å²) in [4.78, 5) is 27.3. The Morgan fingerprint density at radius 3 is 2.69 bits per heavy atom.